The quantitative estimate of drug-likeness (QED) is 0.745. The lowest BCUT2D eigenvalue weighted by atomic mass is 10.0. The fourth-order valence-electron chi connectivity index (χ4n) is 2.97. The molecule has 3 rings (SSSR count). The van der Waals surface area contributed by atoms with Gasteiger partial charge in [0.1, 0.15) is 0 Å². The zero-order valence-corrected chi connectivity index (χ0v) is 17.0. The van der Waals surface area contributed by atoms with Gasteiger partial charge in [-0.1, -0.05) is 36.8 Å². The lowest BCUT2D eigenvalue weighted by Crippen LogP contribution is -2.29. The molecular formula is C18H26Cl2N4OS. The van der Waals surface area contributed by atoms with Crippen molar-refractivity contribution in [2.24, 2.45) is 5.73 Å². The summed E-state index contributed by atoms with van der Waals surface area (Å²) in [6.45, 7) is 3.16. The molecule has 2 heterocycles. The number of nitrogens with two attached hydrogens (primary N) is 1. The summed E-state index contributed by atoms with van der Waals surface area (Å²) in [6.07, 6.45) is 4.12. The molecule has 0 spiro atoms. The van der Waals surface area contributed by atoms with Gasteiger partial charge in [0.25, 0.3) is 0 Å². The Hall–Kier alpha value is -1.18. The van der Waals surface area contributed by atoms with Crippen LogP contribution in [0.2, 0.25) is 0 Å². The van der Waals surface area contributed by atoms with Crippen LogP contribution in [0, 0.1) is 0 Å². The van der Waals surface area contributed by atoms with Crippen molar-refractivity contribution < 1.29 is 4.79 Å². The minimum absolute atomic E-state index is 0. The van der Waals surface area contributed by atoms with E-state index >= 15 is 0 Å². The van der Waals surface area contributed by atoms with Crippen molar-refractivity contribution >= 4 is 47.2 Å². The van der Waals surface area contributed by atoms with Gasteiger partial charge in [-0.05, 0) is 31.5 Å². The summed E-state index contributed by atoms with van der Waals surface area (Å²) >= 11 is 1.48. The number of nitrogens with one attached hydrogen (secondary N) is 1. The Balaban J connectivity index is 0.00000169. The molecule has 1 amide bonds. The minimum Gasteiger partial charge on any atom is -0.324 e. The van der Waals surface area contributed by atoms with E-state index in [1.165, 1.54) is 30.6 Å². The molecule has 0 bridgehead atoms. The first-order valence-corrected chi connectivity index (χ1v) is 9.36. The zero-order chi connectivity index (χ0) is 16.8. The number of halogens is 2. The van der Waals surface area contributed by atoms with Gasteiger partial charge in [-0.3, -0.25) is 9.69 Å². The molecular weight excluding hydrogens is 391 g/mol. The Morgan fingerprint density at radius 2 is 1.88 bits per heavy atom. The Labute approximate surface area is 171 Å². The van der Waals surface area contributed by atoms with Gasteiger partial charge in [0.2, 0.25) is 5.91 Å². The summed E-state index contributed by atoms with van der Waals surface area (Å²) < 4.78 is 0. The number of likely N-dealkylation sites (tertiary alicyclic amines) is 1. The van der Waals surface area contributed by atoms with Gasteiger partial charge >= 0.3 is 0 Å². The minimum atomic E-state index is -0.293. The van der Waals surface area contributed by atoms with Crippen LogP contribution >= 0.6 is 36.2 Å². The van der Waals surface area contributed by atoms with E-state index in [2.05, 4.69) is 15.2 Å². The van der Waals surface area contributed by atoms with E-state index in [0.717, 1.165) is 30.9 Å². The molecule has 0 radical (unpaired) electrons. The second-order valence-corrected chi connectivity index (χ2v) is 7.11. The third-order valence-electron chi connectivity index (χ3n) is 4.27. The number of amides is 1. The van der Waals surface area contributed by atoms with Crippen molar-refractivity contribution in [2.45, 2.75) is 38.3 Å². The van der Waals surface area contributed by atoms with Crippen LogP contribution in [0.15, 0.2) is 35.7 Å². The molecule has 3 N–H and O–H groups in total. The first-order valence-electron chi connectivity index (χ1n) is 8.48. The van der Waals surface area contributed by atoms with Gasteiger partial charge in [0, 0.05) is 24.4 Å². The lowest BCUT2D eigenvalue weighted by Gasteiger charge is -2.25. The third kappa shape index (κ3) is 6.85. The predicted octanol–water partition coefficient (Wildman–Crippen LogP) is 4.00. The summed E-state index contributed by atoms with van der Waals surface area (Å²) in [5.41, 5.74) is 8.10. The number of piperidine rings is 1. The standard InChI is InChI=1S/C18H24N4OS.2ClH/c19-16(14-7-3-1-4-8-14)11-17(23)21-18-20-15(13-24-18)12-22-9-5-2-6-10-22;;/h1,3-4,7-8,13,16H,2,5-6,9-12,19H2,(H,20,21,23);2*1H. The SMILES string of the molecule is Cl.Cl.NC(CC(=O)Nc1nc(CN2CCCCC2)cs1)c1ccccc1. The zero-order valence-electron chi connectivity index (χ0n) is 14.6. The van der Waals surface area contributed by atoms with Gasteiger partial charge < -0.3 is 11.1 Å². The van der Waals surface area contributed by atoms with E-state index in [1.54, 1.807) is 0 Å². The Kier molecular flexibility index (Phi) is 10.1. The maximum atomic E-state index is 12.2. The van der Waals surface area contributed by atoms with Crippen LogP contribution in [0.25, 0.3) is 0 Å². The second-order valence-electron chi connectivity index (χ2n) is 6.25. The molecule has 8 heteroatoms. The van der Waals surface area contributed by atoms with Crippen molar-refractivity contribution in [3.8, 4) is 0 Å². The van der Waals surface area contributed by atoms with Gasteiger partial charge in [-0.25, -0.2) is 4.98 Å². The molecule has 1 saturated heterocycles. The molecule has 26 heavy (non-hydrogen) atoms. The number of aromatic nitrogens is 1. The van der Waals surface area contributed by atoms with Gasteiger partial charge in [0.05, 0.1) is 5.69 Å². The number of thiazole rings is 1. The fraction of sp³-hybridized carbons (Fsp3) is 0.444. The van der Waals surface area contributed by atoms with E-state index in [4.69, 9.17) is 5.73 Å². The molecule has 1 aliphatic heterocycles. The van der Waals surface area contributed by atoms with Crippen LogP contribution in [0.1, 0.15) is 43.0 Å². The summed E-state index contributed by atoms with van der Waals surface area (Å²) in [5, 5.41) is 5.56. The van der Waals surface area contributed by atoms with Crippen molar-refractivity contribution in [1.29, 1.82) is 0 Å². The molecule has 1 atom stereocenters. The number of rotatable bonds is 6. The predicted molar refractivity (Wildman–Crippen MR) is 112 cm³/mol. The summed E-state index contributed by atoms with van der Waals surface area (Å²) in [6, 6.07) is 9.40. The summed E-state index contributed by atoms with van der Waals surface area (Å²) in [4.78, 5) is 19.1. The van der Waals surface area contributed by atoms with Crippen LogP contribution in [-0.4, -0.2) is 28.9 Å². The molecule has 2 aromatic rings. The smallest absolute Gasteiger partial charge is 0.228 e. The molecule has 144 valence electrons. The number of carbonyl (C=O) groups is 1. The van der Waals surface area contributed by atoms with E-state index in [-0.39, 0.29) is 43.2 Å². The van der Waals surface area contributed by atoms with Crippen molar-refractivity contribution in [3.63, 3.8) is 0 Å². The number of carbonyl (C=O) groups excluding carboxylic acids is 1. The highest BCUT2D eigenvalue weighted by Crippen LogP contribution is 2.20. The summed E-state index contributed by atoms with van der Waals surface area (Å²) in [7, 11) is 0. The van der Waals surface area contributed by atoms with Crippen LogP contribution in [0.4, 0.5) is 5.13 Å². The van der Waals surface area contributed by atoms with Crippen LogP contribution in [0.3, 0.4) is 0 Å². The molecule has 1 fully saturated rings. The van der Waals surface area contributed by atoms with Crippen LogP contribution in [0.5, 0.6) is 0 Å². The third-order valence-corrected chi connectivity index (χ3v) is 5.07. The van der Waals surface area contributed by atoms with Crippen LogP contribution in [-0.2, 0) is 11.3 Å². The highest BCUT2D eigenvalue weighted by molar-refractivity contribution is 7.13. The molecule has 0 aliphatic carbocycles. The largest absolute Gasteiger partial charge is 0.324 e. The highest BCUT2D eigenvalue weighted by Gasteiger charge is 2.15. The Morgan fingerprint density at radius 3 is 2.58 bits per heavy atom. The number of benzene rings is 1. The van der Waals surface area contributed by atoms with Crippen molar-refractivity contribution in [3.05, 3.63) is 47.0 Å². The maximum absolute atomic E-state index is 12.2. The molecule has 5 nitrogen and oxygen atoms in total. The van der Waals surface area contributed by atoms with Gasteiger partial charge in [-0.2, -0.15) is 0 Å². The molecule has 0 saturated carbocycles. The highest BCUT2D eigenvalue weighted by atomic mass is 35.5. The van der Waals surface area contributed by atoms with E-state index in [9.17, 15) is 4.79 Å². The number of hydrogen-bond donors (Lipinski definition) is 2. The average Bonchev–Trinajstić information content (AvgIpc) is 3.03. The molecule has 1 aliphatic rings. The Bertz CT molecular complexity index is 662. The normalized spacial score (nSPS) is 15.4. The number of nitrogens with zero attached hydrogens (tertiary/aromatic N) is 2. The van der Waals surface area contributed by atoms with Crippen LogP contribution < -0.4 is 11.1 Å². The van der Waals surface area contributed by atoms with Crippen molar-refractivity contribution in [1.82, 2.24) is 9.88 Å². The monoisotopic (exact) mass is 416 g/mol. The topological polar surface area (TPSA) is 71.2 Å². The van der Waals surface area contributed by atoms with Gasteiger partial charge in [-0.15, -0.1) is 36.2 Å². The lowest BCUT2D eigenvalue weighted by molar-refractivity contribution is -0.116. The first-order chi connectivity index (χ1) is 11.7. The average molecular weight is 417 g/mol. The number of hydrogen-bond acceptors (Lipinski definition) is 5. The van der Waals surface area contributed by atoms with E-state index in [0.29, 0.717) is 5.13 Å². The summed E-state index contributed by atoms with van der Waals surface area (Å²) in [5.74, 6) is -0.0924. The first kappa shape index (κ1) is 22.9. The van der Waals surface area contributed by atoms with Gasteiger partial charge in [0.15, 0.2) is 5.13 Å². The molecule has 1 aromatic carbocycles. The maximum Gasteiger partial charge on any atom is 0.228 e. The van der Waals surface area contributed by atoms with E-state index in [1.807, 2.05) is 35.7 Å². The molecule has 1 unspecified atom stereocenters. The van der Waals surface area contributed by atoms with Crippen molar-refractivity contribution in [2.75, 3.05) is 18.4 Å². The van der Waals surface area contributed by atoms with E-state index < -0.39 is 0 Å². The number of anilines is 1. The fourth-order valence-corrected chi connectivity index (χ4v) is 3.69. The second kappa shape index (κ2) is 11.5. The molecule has 1 aromatic heterocycles. The Morgan fingerprint density at radius 1 is 1.19 bits per heavy atom.